The van der Waals surface area contributed by atoms with Crippen molar-refractivity contribution in [1.29, 1.82) is 0 Å². The van der Waals surface area contributed by atoms with Crippen LogP contribution in [-0.4, -0.2) is 40.4 Å². The van der Waals surface area contributed by atoms with Crippen LogP contribution in [0.2, 0.25) is 0 Å². The van der Waals surface area contributed by atoms with Crippen LogP contribution in [0.4, 0.5) is 8.78 Å². The predicted octanol–water partition coefficient (Wildman–Crippen LogP) is 4.09. The molecule has 0 bridgehead atoms. The minimum absolute atomic E-state index is 0.0777. The summed E-state index contributed by atoms with van der Waals surface area (Å²) in [4.78, 5) is 13.8. The Balaban J connectivity index is 1.50. The van der Waals surface area contributed by atoms with E-state index in [0.717, 1.165) is 22.9 Å². The Morgan fingerprint density at radius 1 is 1.14 bits per heavy atom. The number of rotatable bonds is 8. The lowest BCUT2D eigenvalue weighted by atomic mass is 10.2. The second-order valence-corrected chi connectivity index (χ2v) is 6.73. The van der Waals surface area contributed by atoms with Crippen LogP contribution in [0.15, 0.2) is 64.2 Å². The highest BCUT2D eigenvalue weighted by Crippen LogP contribution is 2.23. The minimum Gasteiger partial charge on any atom is -0.435 e. The lowest BCUT2D eigenvalue weighted by molar-refractivity contribution is -0.127. The Kier molecular flexibility index (Phi) is 6.59. The number of carbonyl (C=O) groups is 1. The van der Waals surface area contributed by atoms with Crippen molar-refractivity contribution in [3.05, 3.63) is 60.2 Å². The smallest absolute Gasteiger partial charge is 0.387 e. The van der Waals surface area contributed by atoms with Crippen molar-refractivity contribution in [2.75, 3.05) is 12.8 Å². The molecule has 0 aliphatic carbocycles. The Hall–Kier alpha value is -2.94. The number of amides is 1. The molecule has 2 aromatic carbocycles. The van der Waals surface area contributed by atoms with Gasteiger partial charge in [0.05, 0.1) is 5.75 Å². The summed E-state index contributed by atoms with van der Waals surface area (Å²) in [6.45, 7) is -2.52. The summed E-state index contributed by atoms with van der Waals surface area (Å²) < 4.78 is 34.2. The van der Waals surface area contributed by atoms with E-state index < -0.39 is 6.61 Å². The fourth-order valence-corrected chi connectivity index (χ4v) is 3.04. The first kappa shape index (κ1) is 19.8. The van der Waals surface area contributed by atoms with E-state index in [2.05, 4.69) is 14.9 Å². The van der Waals surface area contributed by atoms with E-state index in [1.165, 1.54) is 17.0 Å². The van der Waals surface area contributed by atoms with Crippen LogP contribution in [0.5, 0.6) is 5.75 Å². The molecule has 0 N–H and O–H groups in total. The van der Waals surface area contributed by atoms with Gasteiger partial charge in [-0.1, -0.05) is 42.1 Å². The zero-order valence-electron chi connectivity index (χ0n) is 14.9. The van der Waals surface area contributed by atoms with Crippen molar-refractivity contribution in [2.24, 2.45) is 0 Å². The molecule has 1 amide bonds. The number of thioether (sulfide) groups is 1. The number of nitrogens with zero attached hydrogens (tertiary/aromatic N) is 3. The van der Waals surface area contributed by atoms with E-state index >= 15 is 0 Å². The van der Waals surface area contributed by atoms with E-state index in [4.69, 9.17) is 4.42 Å². The molecule has 0 spiro atoms. The average molecular weight is 405 g/mol. The van der Waals surface area contributed by atoms with Crippen molar-refractivity contribution in [3.8, 4) is 17.2 Å². The van der Waals surface area contributed by atoms with Gasteiger partial charge in [0, 0.05) is 19.2 Å². The number of halogens is 2. The number of alkyl halides is 2. The third-order valence-corrected chi connectivity index (χ3v) is 4.54. The SMILES string of the molecule is CN(Cc1ccc(OC(F)F)cc1)C(=O)CSc1nnc(-c2ccccc2)o1. The number of hydrogen-bond acceptors (Lipinski definition) is 6. The molecule has 0 atom stereocenters. The van der Waals surface area contributed by atoms with Gasteiger partial charge in [-0.15, -0.1) is 10.2 Å². The number of hydrogen-bond donors (Lipinski definition) is 0. The first-order chi connectivity index (χ1) is 13.5. The standard InChI is InChI=1S/C19H17F2N3O3S/c1-24(11-13-7-9-15(10-8-13)26-18(20)21)16(25)12-28-19-23-22-17(27-19)14-5-3-2-4-6-14/h2-10,18H,11-12H2,1H3. The number of benzene rings is 2. The lowest BCUT2D eigenvalue weighted by Gasteiger charge is -2.17. The first-order valence-electron chi connectivity index (χ1n) is 8.30. The molecule has 9 heteroatoms. The van der Waals surface area contributed by atoms with E-state index in [-0.39, 0.29) is 17.4 Å². The van der Waals surface area contributed by atoms with Gasteiger partial charge in [-0.2, -0.15) is 8.78 Å². The van der Waals surface area contributed by atoms with E-state index in [1.54, 1.807) is 19.2 Å². The van der Waals surface area contributed by atoms with Gasteiger partial charge in [0.15, 0.2) is 0 Å². The summed E-state index contributed by atoms with van der Waals surface area (Å²) in [5.74, 6) is 0.487. The largest absolute Gasteiger partial charge is 0.435 e. The predicted molar refractivity (Wildman–Crippen MR) is 100 cm³/mol. The highest BCUT2D eigenvalue weighted by Gasteiger charge is 2.14. The Labute approximate surface area is 164 Å². The van der Waals surface area contributed by atoms with Gasteiger partial charge in [0.2, 0.25) is 11.8 Å². The number of carbonyl (C=O) groups excluding carboxylic acids is 1. The highest BCUT2D eigenvalue weighted by molar-refractivity contribution is 7.99. The van der Waals surface area contributed by atoms with Crippen molar-refractivity contribution in [1.82, 2.24) is 15.1 Å². The van der Waals surface area contributed by atoms with Gasteiger partial charge in [0.1, 0.15) is 5.75 Å². The van der Waals surface area contributed by atoms with E-state index in [0.29, 0.717) is 17.7 Å². The fourth-order valence-electron chi connectivity index (χ4n) is 2.34. The van der Waals surface area contributed by atoms with Crippen LogP contribution in [0.1, 0.15) is 5.56 Å². The summed E-state index contributed by atoms with van der Waals surface area (Å²) in [6, 6.07) is 15.5. The van der Waals surface area contributed by atoms with Crippen molar-refractivity contribution in [2.45, 2.75) is 18.4 Å². The number of aromatic nitrogens is 2. The minimum atomic E-state index is -2.86. The van der Waals surface area contributed by atoms with Gasteiger partial charge in [-0.05, 0) is 29.8 Å². The summed E-state index contributed by atoms with van der Waals surface area (Å²) in [5.41, 5.74) is 1.61. The lowest BCUT2D eigenvalue weighted by Crippen LogP contribution is -2.27. The molecule has 1 aromatic heterocycles. The molecular formula is C19H17F2N3O3S. The summed E-state index contributed by atoms with van der Waals surface area (Å²) in [5, 5.41) is 8.23. The quantitative estimate of drug-likeness (QED) is 0.526. The third-order valence-electron chi connectivity index (χ3n) is 3.74. The molecule has 3 rings (SSSR count). The maximum absolute atomic E-state index is 12.3. The molecule has 0 fully saturated rings. The molecule has 0 saturated carbocycles. The average Bonchev–Trinajstić information content (AvgIpc) is 3.17. The van der Waals surface area contributed by atoms with Gasteiger partial charge >= 0.3 is 6.61 Å². The summed E-state index contributed by atoms with van der Waals surface area (Å²) in [6.07, 6.45) is 0. The second-order valence-electron chi connectivity index (χ2n) is 5.80. The second kappa shape index (κ2) is 9.32. The van der Waals surface area contributed by atoms with Gasteiger partial charge < -0.3 is 14.1 Å². The normalized spacial score (nSPS) is 10.9. The fraction of sp³-hybridized carbons (Fsp3) is 0.211. The monoisotopic (exact) mass is 405 g/mol. The molecular weight excluding hydrogens is 388 g/mol. The topological polar surface area (TPSA) is 68.5 Å². The van der Waals surface area contributed by atoms with Crippen molar-refractivity contribution < 1.29 is 22.7 Å². The van der Waals surface area contributed by atoms with Gasteiger partial charge in [0.25, 0.3) is 5.22 Å². The van der Waals surface area contributed by atoms with Crippen LogP contribution in [0, 0.1) is 0 Å². The third kappa shape index (κ3) is 5.53. The first-order valence-corrected chi connectivity index (χ1v) is 9.29. The molecule has 0 aliphatic rings. The Morgan fingerprint density at radius 2 is 1.86 bits per heavy atom. The number of ether oxygens (including phenoxy) is 1. The molecule has 0 saturated heterocycles. The van der Waals surface area contributed by atoms with Crippen molar-refractivity contribution in [3.63, 3.8) is 0 Å². The molecule has 3 aromatic rings. The van der Waals surface area contributed by atoms with Crippen LogP contribution in [-0.2, 0) is 11.3 Å². The maximum atomic E-state index is 12.3. The zero-order valence-corrected chi connectivity index (χ0v) is 15.7. The molecule has 28 heavy (non-hydrogen) atoms. The Bertz CT molecular complexity index is 904. The molecule has 6 nitrogen and oxygen atoms in total. The molecule has 0 aliphatic heterocycles. The van der Waals surface area contributed by atoms with Gasteiger partial charge in [-0.25, -0.2) is 0 Å². The maximum Gasteiger partial charge on any atom is 0.387 e. The highest BCUT2D eigenvalue weighted by atomic mass is 32.2. The molecule has 146 valence electrons. The van der Waals surface area contributed by atoms with Crippen LogP contribution in [0.25, 0.3) is 11.5 Å². The van der Waals surface area contributed by atoms with Crippen LogP contribution >= 0.6 is 11.8 Å². The zero-order chi connectivity index (χ0) is 19.9. The van der Waals surface area contributed by atoms with Crippen molar-refractivity contribution >= 4 is 17.7 Å². The molecule has 1 heterocycles. The van der Waals surface area contributed by atoms with Crippen LogP contribution in [0.3, 0.4) is 0 Å². The van der Waals surface area contributed by atoms with Crippen LogP contribution < -0.4 is 4.74 Å². The van der Waals surface area contributed by atoms with E-state index in [1.807, 2.05) is 30.3 Å². The Morgan fingerprint density at radius 3 is 2.54 bits per heavy atom. The summed E-state index contributed by atoms with van der Waals surface area (Å²) in [7, 11) is 1.66. The molecule has 0 radical (unpaired) electrons. The molecule has 0 unspecified atom stereocenters. The van der Waals surface area contributed by atoms with Gasteiger partial charge in [-0.3, -0.25) is 4.79 Å². The van der Waals surface area contributed by atoms with E-state index in [9.17, 15) is 13.6 Å². The summed E-state index contributed by atoms with van der Waals surface area (Å²) >= 11 is 1.16.